The van der Waals surface area contributed by atoms with Crippen LogP contribution >= 0.6 is 0 Å². The van der Waals surface area contributed by atoms with E-state index in [4.69, 9.17) is 0 Å². The minimum atomic E-state index is -0.883. The normalized spacial score (nSPS) is 15.0. The van der Waals surface area contributed by atoms with Crippen LogP contribution in [0.2, 0.25) is 0 Å². The number of carbonyl (C=O) groups excluding carboxylic acids is 2. The van der Waals surface area contributed by atoms with Crippen molar-refractivity contribution in [3.63, 3.8) is 0 Å². The Morgan fingerprint density at radius 2 is 0.886 bits per heavy atom. The summed E-state index contributed by atoms with van der Waals surface area (Å²) in [6.07, 6.45) is 1.68. The van der Waals surface area contributed by atoms with Gasteiger partial charge in [0.15, 0.2) is 11.6 Å². The number of aliphatic hydroxyl groups excluding tert-OH is 1. The molecule has 0 saturated carbocycles. The van der Waals surface area contributed by atoms with Crippen molar-refractivity contribution in [3.05, 3.63) is 143 Å². The quantitative estimate of drug-likeness (QED) is 0.160. The van der Waals surface area contributed by atoms with Gasteiger partial charge in [0, 0.05) is 11.1 Å². The number of hydrogen-bond acceptors (Lipinski definition) is 5. The molecule has 0 radical (unpaired) electrons. The van der Waals surface area contributed by atoms with E-state index in [1.54, 1.807) is 0 Å². The van der Waals surface area contributed by atoms with Gasteiger partial charge >= 0.3 is 0 Å². The lowest BCUT2D eigenvalue weighted by Gasteiger charge is -2.38. The summed E-state index contributed by atoms with van der Waals surface area (Å²) in [6.45, 7) is 4.11. The maximum absolute atomic E-state index is 13.9. The molecule has 4 aromatic carbocycles. The lowest BCUT2D eigenvalue weighted by molar-refractivity contribution is 0.0661. The second-order valence-corrected chi connectivity index (χ2v) is 12.2. The second-order valence-electron chi connectivity index (χ2n) is 12.2. The molecule has 2 atom stereocenters. The van der Waals surface area contributed by atoms with Gasteiger partial charge in [-0.3, -0.25) is 19.4 Å². The summed E-state index contributed by atoms with van der Waals surface area (Å²) in [4.78, 5) is 31.9. The van der Waals surface area contributed by atoms with Crippen molar-refractivity contribution in [2.45, 2.75) is 56.7 Å². The van der Waals surface area contributed by atoms with Gasteiger partial charge in [-0.2, -0.15) is 0 Å². The Labute approximate surface area is 263 Å². The van der Waals surface area contributed by atoms with Crippen molar-refractivity contribution in [1.29, 1.82) is 0 Å². The van der Waals surface area contributed by atoms with Crippen molar-refractivity contribution in [2.24, 2.45) is 0 Å². The fourth-order valence-corrected chi connectivity index (χ4v) is 6.32. The van der Waals surface area contributed by atoms with E-state index in [9.17, 15) is 14.7 Å². The number of likely N-dealkylation sites (N-methyl/N-ethyl adjacent to an activating group) is 2. The Balaban J connectivity index is 1.53. The maximum Gasteiger partial charge on any atom is 0.183 e. The molecule has 0 fully saturated rings. The molecule has 0 aromatic heterocycles. The van der Waals surface area contributed by atoms with E-state index >= 15 is 0 Å². The van der Waals surface area contributed by atoms with Gasteiger partial charge in [-0.1, -0.05) is 123 Å². The number of aliphatic hydroxyl groups is 1. The average Bonchev–Trinajstić information content (AvgIpc) is 3.06. The van der Waals surface area contributed by atoms with E-state index < -0.39 is 17.2 Å². The monoisotopic (exact) mass is 590 g/mol. The summed E-state index contributed by atoms with van der Waals surface area (Å²) >= 11 is 0. The van der Waals surface area contributed by atoms with Crippen LogP contribution in [0.4, 0.5) is 0 Å². The molecule has 0 bridgehead atoms. The standard InChI is InChI=1S/C39H46N2O3/c1-7-38(40(3)4,27-29-15-11-9-12-16-29)36(43)33-23-19-31(20-24-33)35(42)32-21-25-34(26-22-32)37(44)39(8-2,41(5)6)28-30-17-13-10-14-18-30/h9-26,35,42H,7-8,27-28H2,1-6H3. The van der Waals surface area contributed by atoms with Crippen LogP contribution < -0.4 is 0 Å². The van der Waals surface area contributed by atoms with E-state index in [0.29, 0.717) is 47.9 Å². The number of nitrogens with zero attached hydrogens (tertiary/aromatic N) is 2. The van der Waals surface area contributed by atoms with Crippen molar-refractivity contribution in [1.82, 2.24) is 9.80 Å². The summed E-state index contributed by atoms with van der Waals surface area (Å²) < 4.78 is 0. The first-order valence-electron chi connectivity index (χ1n) is 15.5. The molecular weight excluding hydrogens is 544 g/mol. The zero-order chi connectivity index (χ0) is 31.9. The molecule has 0 aliphatic heterocycles. The molecule has 230 valence electrons. The minimum absolute atomic E-state index is 0.0635. The minimum Gasteiger partial charge on any atom is -0.384 e. The molecule has 4 rings (SSSR count). The van der Waals surface area contributed by atoms with Gasteiger partial charge in [0.05, 0.1) is 11.1 Å². The molecule has 2 unspecified atom stereocenters. The zero-order valence-corrected chi connectivity index (χ0v) is 27.0. The second kappa shape index (κ2) is 14.3. The molecule has 0 spiro atoms. The molecule has 1 N–H and O–H groups in total. The van der Waals surface area contributed by atoms with E-state index in [1.807, 2.05) is 123 Å². The molecule has 44 heavy (non-hydrogen) atoms. The molecular formula is C39H46N2O3. The lowest BCUT2D eigenvalue weighted by atomic mass is 9.79. The van der Waals surface area contributed by atoms with Gasteiger partial charge in [-0.25, -0.2) is 0 Å². The topological polar surface area (TPSA) is 60.9 Å². The molecule has 5 heteroatoms. The van der Waals surface area contributed by atoms with Crippen molar-refractivity contribution in [3.8, 4) is 0 Å². The van der Waals surface area contributed by atoms with Crippen LogP contribution in [0.5, 0.6) is 0 Å². The molecule has 0 amide bonds. The first-order chi connectivity index (χ1) is 21.1. The Kier molecular flexibility index (Phi) is 10.7. The number of carbonyl (C=O) groups is 2. The first-order valence-corrected chi connectivity index (χ1v) is 15.5. The zero-order valence-electron chi connectivity index (χ0n) is 27.0. The van der Waals surface area contributed by atoms with Crippen molar-refractivity contribution < 1.29 is 14.7 Å². The van der Waals surface area contributed by atoms with Crippen LogP contribution in [0, 0.1) is 0 Å². The Morgan fingerprint density at radius 1 is 0.568 bits per heavy atom. The van der Waals surface area contributed by atoms with Gasteiger partial charge in [-0.05, 0) is 76.1 Å². The number of ketones is 2. The van der Waals surface area contributed by atoms with Gasteiger partial charge in [-0.15, -0.1) is 0 Å². The highest BCUT2D eigenvalue weighted by Gasteiger charge is 2.40. The highest BCUT2D eigenvalue weighted by Crippen LogP contribution is 2.31. The van der Waals surface area contributed by atoms with Crippen LogP contribution in [0.15, 0.2) is 109 Å². The van der Waals surface area contributed by atoms with Crippen LogP contribution in [0.1, 0.15) is 75.8 Å². The highest BCUT2D eigenvalue weighted by atomic mass is 16.3. The summed E-state index contributed by atoms with van der Waals surface area (Å²) in [5.74, 6) is 0.127. The predicted octanol–water partition coefficient (Wildman–Crippen LogP) is 7.04. The maximum atomic E-state index is 13.9. The smallest absolute Gasteiger partial charge is 0.183 e. The number of hydrogen-bond donors (Lipinski definition) is 1. The Hall–Kier alpha value is -3.90. The Bertz CT molecular complexity index is 1400. The molecule has 0 heterocycles. The van der Waals surface area contributed by atoms with Gasteiger partial charge in [0.2, 0.25) is 0 Å². The van der Waals surface area contributed by atoms with E-state index in [2.05, 4.69) is 38.1 Å². The van der Waals surface area contributed by atoms with Crippen molar-refractivity contribution >= 4 is 11.6 Å². The largest absolute Gasteiger partial charge is 0.384 e. The molecule has 0 aliphatic rings. The van der Waals surface area contributed by atoms with Crippen LogP contribution in [-0.4, -0.2) is 65.7 Å². The average molecular weight is 591 g/mol. The van der Waals surface area contributed by atoms with E-state index in [1.165, 1.54) is 0 Å². The number of benzene rings is 4. The third kappa shape index (κ3) is 6.76. The SMILES string of the molecule is CCC(Cc1ccccc1)(C(=O)c1ccc(C(O)c2ccc(C(=O)C(CC)(Cc3ccccc3)N(C)C)cc2)cc1)N(C)C. The first kappa shape index (κ1) is 33.0. The molecule has 0 aliphatic carbocycles. The van der Waals surface area contributed by atoms with E-state index in [0.717, 1.165) is 11.1 Å². The van der Waals surface area contributed by atoms with Gasteiger partial charge in [0.25, 0.3) is 0 Å². The fraction of sp³-hybridized carbons (Fsp3) is 0.333. The Morgan fingerprint density at radius 3 is 1.16 bits per heavy atom. The van der Waals surface area contributed by atoms with Crippen LogP contribution in [0.3, 0.4) is 0 Å². The molecule has 0 saturated heterocycles. The van der Waals surface area contributed by atoms with Crippen molar-refractivity contribution in [2.75, 3.05) is 28.2 Å². The predicted molar refractivity (Wildman–Crippen MR) is 179 cm³/mol. The van der Waals surface area contributed by atoms with Gasteiger partial charge in [0.1, 0.15) is 6.10 Å². The highest BCUT2D eigenvalue weighted by molar-refractivity contribution is 6.04. The summed E-state index contributed by atoms with van der Waals surface area (Å²) in [5.41, 5.74) is 3.50. The molecule has 5 nitrogen and oxygen atoms in total. The fourth-order valence-electron chi connectivity index (χ4n) is 6.32. The third-order valence-electron chi connectivity index (χ3n) is 9.38. The third-order valence-corrected chi connectivity index (χ3v) is 9.38. The van der Waals surface area contributed by atoms with Crippen LogP contribution in [0.25, 0.3) is 0 Å². The van der Waals surface area contributed by atoms with Crippen LogP contribution in [-0.2, 0) is 12.8 Å². The summed E-state index contributed by atoms with van der Waals surface area (Å²) in [7, 11) is 7.84. The van der Waals surface area contributed by atoms with Gasteiger partial charge < -0.3 is 5.11 Å². The summed E-state index contributed by atoms with van der Waals surface area (Å²) in [5, 5.41) is 11.2. The lowest BCUT2D eigenvalue weighted by Crippen LogP contribution is -2.52. The number of Topliss-reactive ketones (excluding diaryl/α,β-unsaturated/α-hetero) is 2. The molecule has 4 aromatic rings. The van der Waals surface area contributed by atoms with E-state index in [-0.39, 0.29) is 11.6 Å². The summed E-state index contributed by atoms with van der Waals surface area (Å²) in [6, 6.07) is 34.8. The number of rotatable bonds is 14.